The van der Waals surface area contributed by atoms with Crippen LogP contribution in [-0.4, -0.2) is 18.5 Å². The van der Waals surface area contributed by atoms with E-state index in [2.05, 4.69) is 20.9 Å². The van der Waals surface area contributed by atoms with E-state index >= 15 is 0 Å². The van der Waals surface area contributed by atoms with E-state index in [-0.39, 0.29) is 5.70 Å². The lowest BCUT2D eigenvalue weighted by molar-refractivity contribution is -0.129. The third-order valence-corrected chi connectivity index (χ3v) is 3.70. The van der Waals surface area contributed by atoms with E-state index < -0.39 is 5.97 Å². The van der Waals surface area contributed by atoms with Gasteiger partial charge in [-0.15, -0.1) is 0 Å². The van der Waals surface area contributed by atoms with Crippen molar-refractivity contribution in [3.05, 3.63) is 69.8 Å². The molecular weight excluding hydrogens is 358 g/mol. The molecule has 0 aliphatic carbocycles. The first-order valence-corrected chi connectivity index (χ1v) is 7.97. The average molecular weight is 372 g/mol. The molecule has 0 amide bonds. The SMILES string of the molecule is CCOc1ccccc1/C=C1\N=C(c2cccc(Br)c2)OC1=O. The van der Waals surface area contributed by atoms with E-state index in [0.29, 0.717) is 18.3 Å². The molecule has 0 aromatic heterocycles. The molecule has 0 saturated carbocycles. The van der Waals surface area contributed by atoms with Gasteiger partial charge in [-0.05, 0) is 37.3 Å². The Bertz CT molecular complexity index is 811. The molecule has 1 aliphatic heterocycles. The highest BCUT2D eigenvalue weighted by Gasteiger charge is 2.24. The number of carbonyl (C=O) groups is 1. The summed E-state index contributed by atoms with van der Waals surface area (Å²) in [4.78, 5) is 16.4. The molecule has 2 aromatic carbocycles. The van der Waals surface area contributed by atoms with E-state index in [0.717, 1.165) is 15.6 Å². The molecule has 0 fully saturated rings. The second kappa shape index (κ2) is 6.79. The third kappa shape index (κ3) is 3.51. The van der Waals surface area contributed by atoms with Crippen molar-refractivity contribution < 1.29 is 14.3 Å². The van der Waals surface area contributed by atoms with Crippen LogP contribution in [0.3, 0.4) is 0 Å². The Balaban J connectivity index is 1.95. The number of esters is 1. The molecule has 116 valence electrons. The number of nitrogens with zero attached hydrogens (tertiary/aromatic N) is 1. The highest BCUT2D eigenvalue weighted by atomic mass is 79.9. The minimum absolute atomic E-state index is 0.257. The topological polar surface area (TPSA) is 47.9 Å². The number of ether oxygens (including phenoxy) is 2. The molecular formula is C18H14BrNO3. The predicted molar refractivity (Wildman–Crippen MR) is 92.4 cm³/mol. The molecule has 0 spiro atoms. The first-order valence-electron chi connectivity index (χ1n) is 7.17. The number of hydrogen-bond acceptors (Lipinski definition) is 4. The number of hydrogen-bond donors (Lipinski definition) is 0. The van der Waals surface area contributed by atoms with Gasteiger partial charge in [0.2, 0.25) is 5.90 Å². The van der Waals surface area contributed by atoms with Crippen molar-refractivity contribution >= 4 is 33.9 Å². The summed E-state index contributed by atoms with van der Waals surface area (Å²) in [5.74, 6) is 0.545. The van der Waals surface area contributed by atoms with Crippen LogP contribution >= 0.6 is 15.9 Å². The molecule has 0 atom stereocenters. The Labute approximate surface area is 142 Å². The molecule has 0 radical (unpaired) electrons. The van der Waals surface area contributed by atoms with Gasteiger partial charge in [-0.25, -0.2) is 9.79 Å². The van der Waals surface area contributed by atoms with Crippen LogP contribution in [0.2, 0.25) is 0 Å². The number of benzene rings is 2. The van der Waals surface area contributed by atoms with Crippen LogP contribution in [0.15, 0.2) is 63.7 Å². The largest absolute Gasteiger partial charge is 0.493 e. The van der Waals surface area contributed by atoms with E-state index in [9.17, 15) is 4.79 Å². The summed E-state index contributed by atoms with van der Waals surface area (Å²) >= 11 is 3.39. The summed E-state index contributed by atoms with van der Waals surface area (Å²) in [5.41, 5.74) is 1.79. The molecule has 4 nitrogen and oxygen atoms in total. The van der Waals surface area contributed by atoms with Crippen molar-refractivity contribution in [3.8, 4) is 5.75 Å². The van der Waals surface area contributed by atoms with Crippen LogP contribution in [-0.2, 0) is 9.53 Å². The van der Waals surface area contributed by atoms with E-state index in [1.807, 2.05) is 55.5 Å². The smallest absolute Gasteiger partial charge is 0.363 e. The molecule has 0 N–H and O–H groups in total. The zero-order valence-corrected chi connectivity index (χ0v) is 14.0. The fraction of sp³-hybridized carbons (Fsp3) is 0.111. The van der Waals surface area contributed by atoms with Gasteiger partial charge in [0.05, 0.1) is 6.61 Å². The number of rotatable bonds is 4. The predicted octanol–water partition coefficient (Wildman–Crippen LogP) is 4.19. The van der Waals surface area contributed by atoms with Crippen molar-refractivity contribution in [2.75, 3.05) is 6.61 Å². The van der Waals surface area contributed by atoms with Crippen molar-refractivity contribution in [2.45, 2.75) is 6.92 Å². The molecule has 0 bridgehead atoms. The lowest BCUT2D eigenvalue weighted by Crippen LogP contribution is -2.05. The average Bonchev–Trinajstić information content (AvgIpc) is 2.91. The van der Waals surface area contributed by atoms with Crippen LogP contribution in [0, 0.1) is 0 Å². The van der Waals surface area contributed by atoms with Gasteiger partial charge in [0.1, 0.15) is 5.75 Å². The van der Waals surface area contributed by atoms with Gasteiger partial charge in [0, 0.05) is 15.6 Å². The van der Waals surface area contributed by atoms with Gasteiger partial charge < -0.3 is 9.47 Å². The molecule has 3 rings (SSSR count). The van der Waals surface area contributed by atoms with E-state index in [1.54, 1.807) is 6.08 Å². The summed E-state index contributed by atoms with van der Waals surface area (Å²) in [6.45, 7) is 2.47. The fourth-order valence-corrected chi connectivity index (χ4v) is 2.59. The maximum atomic E-state index is 12.1. The monoisotopic (exact) mass is 371 g/mol. The molecule has 23 heavy (non-hydrogen) atoms. The zero-order chi connectivity index (χ0) is 16.2. The summed E-state index contributed by atoms with van der Waals surface area (Å²) in [5, 5.41) is 0. The van der Waals surface area contributed by atoms with Crippen molar-refractivity contribution in [1.29, 1.82) is 0 Å². The van der Waals surface area contributed by atoms with Gasteiger partial charge in [-0.3, -0.25) is 0 Å². The summed E-state index contributed by atoms with van der Waals surface area (Å²) in [6.07, 6.45) is 1.68. The highest BCUT2D eigenvalue weighted by molar-refractivity contribution is 9.10. The standard InChI is InChI=1S/C18H14BrNO3/c1-2-22-16-9-4-3-6-12(16)11-15-18(21)23-17(20-15)13-7-5-8-14(19)10-13/h3-11H,2H2,1H3/b15-11-. The van der Waals surface area contributed by atoms with E-state index in [4.69, 9.17) is 9.47 Å². The fourth-order valence-electron chi connectivity index (χ4n) is 2.19. The highest BCUT2D eigenvalue weighted by Crippen LogP contribution is 2.25. The number of halogens is 1. The Morgan fingerprint density at radius 1 is 1.22 bits per heavy atom. The Morgan fingerprint density at radius 3 is 2.83 bits per heavy atom. The van der Waals surface area contributed by atoms with Gasteiger partial charge in [0.15, 0.2) is 5.70 Å². The normalized spacial score (nSPS) is 15.5. The Hall–Kier alpha value is -2.40. The van der Waals surface area contributed by atoms with Gasteiger partial charge in [0.25, 0.3) is 0 Å². The first kappa shape index (κ1) is 15.5. The summed E-state index contributed by atoms with van der Waals surface area (Å²) in [6, 6.07) is 15.0. The second-order valence-corrected chi connectivity index (χ2v) is 5.73. The van der Waals surface area contributed by atoms with Crippen molar-refractivity contribution in [3.63, 3.8) is 0 Å². The van der Waals surface area contributed by atoms with Crippen LogP contribution in [0.1, 0.15) is 18.1 Å². The summed E-state index contributed by atoms with van der Waals surface area (Å²) in [7, 11) is 0. The zero-order valence-electron chi connectivity index (χ0n) is 12.5. The van der Waals surface area contributed by atoms with Gasteiger partial charge in [-0.1, -0.05) is 40.2 Å². The molecule has 0 unspecified atom stereocenters. The van der Waals surface area contributed by atoms with Crippen molar-refractivity contribution in [2.24, 2.45) is 4.99 Å². The maximum absolute atomic E-state index is 12.1. The second-order valence-electron chi connectivity index (χ2n) is 4.82. The van der Waals surface area contributed by atoms with Crippen LogP contribution in [0.25, 0.3) is 6.08 Å². The maximum Gasteiger partial charge on any atom is 0.363 e. The lowest BCUT2D eigenvalue weighted by Gasteiger charge is -2.06. The number of para-hydroxylation sites is 1. The molecule has 0 saturated heterocycles. The summed E-state index contributed by atoms with van der Waals surface area (Å²) < 4.78 is 11.7. The number of aliphatic imine (C=N–C) groups is 1. The molecule has 1 aliphatic rings. The first-order chi connectivity index (χ1) is 11.2. The van der Waals surface area contributed by atoms with Crippen molar-refractivity contribution in [1.82, 2.24) is 0 Å². The van der Waals surface area contributed by atoms with Gasteiger partial charge >= 0.3 is 5.97 Å². The molecule has 2 aromatic rings. The van der Waals surface area contributed by atoms with Crippen LogP contribution in [0.5, 0.6) is 5.75 Å². The Kier molecular flexibility index (Phi) is 4.57. The van der Waals surface area contributed by atoms with E-state index in [1.165, 1.54) is 0 Å². The lowest BCUT2D eigenvalue weighted by atomic mass is 10.1. The molecule has 1 heterocycles. The third-order valence-electron chi connectivity index (χ3n) is 3.20. The minimum atomic E-state index is -0.466. The van der Waals surface area contributed by atoms with Crippen LogP contribution < -0.4 is 4.74 Å². The quantitative estimate of drug-likeness (QED) is 0.597. The minimum Gasteiger partial charge on any atom is -0.493 e. The number of cyclic esters (lactones) is 1. The van der Waals surface area contributed by atoms with Gasteiger partial charge in [-0.2, -0.15) is 0 Å². The Morgan fingerprint density at radius 2 is 2.04 bits per heavy atom. The van der Waals surface area contributed by atoms with Crippen LogP contribution in [0.4, 0.5) is 0 Å². The number of carbonyl (C=O) groups excluding carboxylic acids is 1. The molecule has 5 heteroatoms.